The Morgan fingerprint density at radius 1 is 1.22 bits per heavy atom. The highest BCUT2D eigenvalue weighted by Gasteiger charge is 2.30. The molecule has 3 aromatic heterocycles. The number of rotatable bonds is 6. The molecule has 3 aromatic rings. The summed E-state index contributed by atoms with van der Waals surface area (Å²) in [7, 11) is 0. The van der Waals surface area contributed by atoms with Gasteiger partial charge >= 0.3 is 0 Å². The van der Waals surface area contributed by atoms with Gasteiger partial charge in [0.15, 0.2) is 0 Å². The van der Waals surface area contributed by atoms with Gasteiger partial charge in [0, 0.05) is 48.3 Å². The Morgan fingerprint density at radius 2 is 2.09 bits per heavy atom. The van der Waals surface area contributed by atoms with Crippen LogP contribution in [0, 0.1) is 13.8 Å². The molecular weight excluding hydrogens is 408 g/mol. The second-order valence-corrected chi connectivity index (χ2v) is 8.05. The molecule has 0 radical (unpaired) electrons. The van der Waals surface area contributed by atoms with Crippen LogP contribution in [-0.4, -0.2) is 51.9 Å². The Hall–Kier alpha value is -3.75. The SMILES string of the molecule is Cc1ccc(-c2noc(C)c2Cn2ncc(N3CC(OC4=CC=NCC4)C3)cc2=O)cn1. The van der Waals surface area contributed by atoms with Crippen LogP contribution < -0.4 is 10.5 Å². The van der Waals surface area contributed by atoms with E-state index in [1.165, 1.54) is 4.68 Å². The smallest absolute Gasteiger partial charge is 0.269 e. The van der Waals surface area contributed by atoms with Crippen molar-refractivity contribution in [1.29, 1.82) is 0 Å². The zero-order chi connectivity index (χ0) is 22.1. The maximum atomic E-state index is 12.8. The lowest BCUT2D eigenvalue weighted by Gasteiger charge is -2.40. The third-order valence-electron chi connectivity index (χ3n) is 5.72. The van der Waals surface area contributed by atoms with Crippen LogP contribution in [0.2, 0.25) is 0 Å². The van der Waals surface area contributed by atoms with E-state index in [0.717, 1.165) is 54.3 Å². The molecule has 9 heteroatoms. The first-order valence-corrected chi connectivity index (χ1v) is 10.6. The number of allylic oxidation sites excluding steroid dienone is 1. The maximum absolute atomic E-state index is 12.8. The molecule has 0 bridgehead atoms. The fraction of sp³-hybridized carbons (Fsp3) is 0.348. The molecule has 0 unspecified atom stereocenters. The Labute approximate surface area is 185 Å². The van der Waals surface area contributed by atoms with E-state index < -0.39 is 0 Å². The normalized spacial score (nSPS) is 16.1. The van der Waals surface area contributed by atoms with Crippen LogP contribution in [-0.2, 0) is 11.3 Å². The predicted octanol–water partition coefficient (Wildman–Crippen LogP) is 2.52. The molecule has 0 amide bonds. The molecule has 9 nitrogen and oxygen atoms in total. The monoisotopic (exact) mass is 432 g/mol. The van der Waals surface area contributed by atoms with Gasteiger partial charge in [0.1, 0.15) is 17.6 Å². The van der Waals surface area contributed by atoms with Crippen LogP contribution in [0.1, 0.15) is 23.4 Å². The van der Waals surface area contributed by atoms with Gasteiger partial charge in [-0.15, -0.1) is 0 Å². The van der Waals surface area contributed by atoms with Gasteiger partial charge in [0.2, 0.25) is 0 Å². The molecule has 0 saturated carbocycles. The first-order chi connectivity index (χ1) is 15.6. The molecule has 1 fully saturated rings. The number of hydrogen-bond donors (Lipinski definition) is 0. The highest BCUT2D eigenvalue weighted by molar-refractivity contribution is 5.72. The molecule has 0 aromatic carbocycles. The second kappa shape index (κ2) is 8.41. The number of nitrogens with zero attached hydrogens (tertiary/aromatic N) is 6. The minimum atomic E-state index is -0.174. The van der Waals surface area contributed by atoms with Crippen molar-refractivity contribution < 1.29 is 9.26 Å². The average Bonchev–Trinajstić information content (AvgIpc) is 3.13. The van der Waals surface area contributed by atoms with Crippen molar-refractivity contribution >= 4 is 11.9 Å². The van der Waals surface area contributed by atoms with Crippen LogP contribution in [0.3, 0.4) is 0 Å². The molecule has 0 aliphatic carbocycles. The lowest BCUT2D eigenvalue weighted by Crippen LogP contribution is -2.52. The van der Waals surface area contributed by atoms with E-state index in [-0.39, 0.29) is 18.2 Å². The molecule has 0 atom stereocenters. The van der Waals surface area contributed by atoms with E-state index in [9.17, 15) is 4.79 Å². The van der Waals surface area contributed by atoms with Crippen LogP contribution in [0.4, 0.5) is 5.69 Å². The van der Waals surface area contributed by atoms with E-state index in [0.29, 0.717) is 11.5 Å². The quantitative estimate of drug-likeness (QED) is 0.590. The molecule has 32 heavy (non-hydrogen) atoms. The molecule has 2 aliphatic heterocycles. The summed E-state index contributed by atoms with van der Waals surface area (Å²) in [6.07, 6.45) is 8.15. The van der Waals surface area contributed by atoms with Gasteiger partial charge in [0.05, 0.1) is 37.3 Å². The van der Waals surface area contributed by atoms with Crippen molar-refractivity contribution in [1.82, 2.24) is 19.9 Å². The minimum absolute atomic E-state index is 0.125. The zero-order valence-corrected chi connectivity index (χ0v) is 18.1. The van der Waals surface area contributed by atoms with Gasteiger partial charge in [-0.25, -0.2) is 4.68 Å². The van der Waals surface area contributed by atoms with Crippen molar-refractivity contribution in [2.45, 2.75) is 32.9 Å². The molecular formula is C23H24N6O3. The van der Waals surface area contributed by atoms with Gasteiger partial charge in [-0.2, -0.15) is 5.10 Å². The third-order valence-corrected chi connectivity index (χ3v) is 5.72. The maximum Gasteiger partial charge on any atom is 0.269 e. The first kappa shape index (κ1) is 20.2. The van der Waals surface area contributed by atoms with Gasteiger partial charge in [-0.05, 0) is 32.1 Å². The van der Waals surface area contributed by atoms with E-state index >= 15 is 0 Å². The predicted molar refractivity (Wildman–Crippen MR) is 120 cm³/mol. The molecule has 164 valence electrons. The summed E-state index contributed by atoms with van der Waals surface area (Å²) in [5.41, 5.74) is 3.89. The number of aryl methyl sites for hydroxylation is 2. The molecule has 2 aliphatic rings. The van der Waals surface area contributed by atoms with Crippen molar-refractivity contribution in [2.24, 2.45) is 4.99 Å². The van der Waals surface area contributed by atoms with Crippen molar-refractivity contribution in [3.8, 4) is 11.3 Å². The van der Waals surface area contributed by atoms with Crippen LogP contribution in [0.5, 0.6) is 0 Å². The number of aromatic nitrogens is 4. The highest BCUT2D eigenvalue weighted by atomic mass is 16.5. The number of aliphatic imine (C=N–C) groups is 1. The summed E-state index contributed by atoms with van der Waals surface area (Å²) in [4.78, 5) is 23.4. The van der Waals surface area contributed by atoms with E-state index in [1.807, 2.05) is 32.1 Å². The average molecular weight is 432 g/mol. The third kappa shape index (κ3) is 4.05. The van der Waals surface area contributed by atoms with Gasteiger partial charge < -0.3 is 14.2 Å². The number of dihydropyridines is 1. The first-order valence-electron chi connectivity index (χ1n) is 10.6. The summed E-state index contributed by atoms with van der Waals surface area (Å²) >= 11 is 0. The van der Waals surface area contributed by atoms with Crippen molar-refractivity contribution in [2.75, 3.05) is 24.5 Å². The Morgan fingerprint density at radius 3 is 2.81 bits per heavy atom. The Bertz CT molecular complexity index is 1240. The molecule has 5 rings (SSSR count). The Kier molecular flexibility index (Phi) is 5.30. The van der Waals surface area contributed by atoms with Gasteiger partial charge in [-0.3, -0.25) is 14.8 Å². The lowest BCUT2D eigenvalue weighted by atomic mass is 10.1. The van der Waals surface area contributed by atoms with Crippen molar-refractivity contribution in [3.63, 3.8) is 0 Å². The fourth-order valence-corrected chi connectivity index (χ4v) is 3.78. The van der Waals surface area contributed by atoms with Gasteiger partial charge in [-0.1, -0.05) is 5.16 Å². The van der Waals surface area contributed by atoms with Crippen LogP contribution in [0.15, 0.2) is 56.7 Å². The highest BCUT2D eigenvalue weighted by Crippen LogP contribution is 2.26. The standard InChI is InChI=1S/C23H24N6O3/c1-15-3-4-17(10-25-15)23-21(16(2)32-27-23)14-29-22(30)9-18(11-26-29)28-12-20(13-28)31-19-5-7-24-8-6-19/h3-5,7,9-11,20H,6,8,12-14H2,1-2H3. The van der Waals surface area contributed by atoms with Crippen LogP contribution in [0.25, 0.3) is 11.3 Å². The summed E-state index contributed by atoms with van der Waals surface area (Å²) in [5.74, 6) is 1.63. The second-order valence-electron chi connectivity index (χ2n) is 8.05. The van der Waals surface area contributed by atoms with Crippen LogP contribution >= 0.6 is 0 Å². The number of anilines is 1. The molecule has 0 N–H and O–H groups in total. The van der Waals surface area contributed by atoms with Crippen molar-refractivity contribution in [3.05, 3.63) is 69.8 Å². The molecule has 0 spiro atoms. The lowest BCUT2D eigenvalue weighted by molar-refractivity contribution is 0.0854. The summed E-state index contributed by atoms with van der Waals surface area (Å²) in [5, 5.41) is 8.57. The number of ether oxygens (including phenoxy) is 1. The number of hydrogen-bond acceptors (Lipinski definition) is 8. The minimum Gasteiger partial charge on any atom is -0.491 e. The Balaban J connectivity index is 1.28. The molecule has 5 heterocycles. The number of pyridine rings is 1. The fourth-order valence-electron chi connectivity index (χ4n) is 3.78. The summed E-state index contributed by atoms with van der Waals surface area (Å²) in [6, 6.07) is 5.48. The summed E-state index contributed by atoms with van der Waals surface area (Å²) in [6.45, 7) is 6.28. The van der Waals surface area contributed by atoms with E-state index in [4.69, 9.17) is 9.26 Å². The largest absolute Gasteiger partial charge is 0.491 e. The topological polar surface area (TPSA) is 98.6 Å². The summed E-state index contributed by atoms with van der Waals surface area (Å²) < 4.78 is 12.8. The molecule has 1 saturated heterocycles. The van der Waals surface area contributed by atoms with E-state index in [2.05, 4.69) is 25.1 Å². The van der Waals surface area contributed by atoms with E-state index in [1.54, 1.807) is 24.7 Å². The zero-order valence-electron chi connectivity index (χ0n) is 18.1. The van der Waals surface area contributed by atoms with Gasteiger partial charge in [0.25, 0.3) is 5.56 Å².